The summed E-state index contributed by atoms with van der Waals surface area (Å²) in [7, 11) is 1.83. The number of rotatable bonds is 5. The molecule has 2 heterocycles. The maximum absolute atomic E-state index is 12.5. The molecule has 164 valence electrons. The molecule has 2 N–H and O–H groups in total. The first-order chi connectivity index (χ1) is 14.6. The Labute approximate surface area is 190 Å². The molecule has 0 aliphatic rings. The molecule has 0 aliphatic heterocycles. The fourth-order valence-electron chi connectivity index (χ4n) is 3.34. The van der Waals surface area contributed by atoms with Crippen LogP contribution in [0.4, 0.5) is 5.69 Å². The van der Waals surface area contributed by atoms with Crippen LogP contribution in [0, 0.1) is 27.7 Å². The molecule has 0 bridgehead atoms. The molecule has 0 atom stereocenters. The van der Waals surface area contributed by atoms with Crippen molar-refractivity contribution in [2.24, 2.45) is 7.05 Å². The zero-order valence-electron chi connectivity index (χ0n) is 18.0. The minimum atomic E-state index is -0.755. The summed E-state index contributed by atoms with van der Waals surface area (Å²) in [6.07, 6.45) is 0. The van der Waals surface area contributed by atoms with Crippen molar-refractivity contribution < 1.29 is 9.59 Å². The summed E-state index contributed by atoms with van der Waals surface area (Å²) in [5.41, 5.74) is 5.30. The summed E-state index contributed by atoms with van der Waals surface area (Å²) in [4.78, 5) is 24.8. The molecule has 0 saturated heterocycles. The van der Waals surface area contributed by atoms with Crippen LogP contribution in [0.3, 0.4) is 0 Å². The number of nitrogens with one attached hydrogen (secondary N) is 2. The van der Waals surface area contributed by atoms with Gasteiger partial charge in [0.15, 0.2) is 0 Å². The van der Waals surface area contributed by atoms with Gasteiger partial charge < -0.3 is 10.6 Å². The number of halogens is 2. The second-order valence-electron chi connectivity index (χ2n) is 7.35. The average molecular weight is 463 g/mol. The lowest BCUT2D eigenvalue weighted by molar-refractivity contribution is -0.136. The van der Waals surface area contributed by atoms with Crippen LogP contribution in [-0.4, -0.2) is 31.4 Å². The Kier molecular flexibility index (Phi) is 6.71. The maximum atomic E-state index is 12.5. The predicted molar refractivity (Wildman–Crippen MR) is 120 cm³/mol. The number of carbonyl (C=O) groups is 2. The van der Waals surface area contributed by atoms with Crippen LogP contribution in [0.15, 0.2) is 18.2 Å². The normalized spacial score (nSPS) is 10.9. The lowest BCUT2D eigenvalue weighted by atomic mass is 10.2. The fourth-order valence-corrected chi connectivity index (χ4v) is 3.80. The second kappa shape index (κ2) is 9.11. The van der Waals surface area contributed by atoms with E-state index < -0.39 is 11.8 Å². The van der Waals surface area contributed by atoms with E-state index in [-0.39, 0.29) is 6.54 Å². The number of aryl methyl sites for hydroxylation is 3. The highest BCUT2D eigenvalue weighted by Crippen LogP contribution is 2.25. The molecule has 10 heteroatoms. The lowest BCUT2D eigenvalue weighted by Gasteiger charge is -2.09. The summed E-state index contributed by atoms with van der Waals surface area (Å²) in [5, 5.41) is 15.2. The Bertz CT molecular complexity index is 1170. The Hall–Kier alpha value is -2.84. The molecule has 31 heavy (non-hydrogen) atoms. The summed E-state index contributed by atoms with van der Waals surface area (Å²) in [5.74, 6) is -1.48. The molecular formula is C21H24Cl2N6O2. The van der Waals surface area contributed by atoms with Gasteiger partial charge in [0.25, 0.3) is 0 Å². The van der Waals surface area contributed by atoms with E-state index in [9.17, 15) is 9.59 Å². The van der Waals surface area contributed by atoms with Crippen molar-refractivity contribution in [3.63, 3.8) is 0 Å². The lowest BCUT2D eigenvalue weighted by Crippen LogP contribution is -2.35. The monoisotopic (exact) mass is 462 g/mol. The van der Waals surface area contributed by atoms with Crippen molar-refractivity contribution in [1.29, 1.82) is 0 Å². The largest absolute Gasteiger partial charge is 0.344 e. The van der Waals surface area contributed by atoms with Gasteiger partial charge in [-0.3, -0.25) is 19.0 Å². The van der Waals surface area contributed by atoms with Gasteiger partial charge in [-0.05, 0) is 45.4 Å². The number of benzene rings is 1. The first-order valence-corrected chi connectivity index (χ1v) is 10.4. The van der Waals surface area contributed by atoms with Crippen LogP contribution in [0.25, 0.3) is 0 Å². The fraction of sp³-hybridized carbons (Fsp3) is 0.333. The summed E-state index contributed by atoms with van der Waals surface area (Å²) in [6, 6.07) is 5.26. The zero-order valence-corrected chi connectivity index (χ0v) is 19.5. The van der Waals surface area contributed by atoms with E-state index >= 15 is 0 Å². The maximum Gasteiger partial charge on any atom is 0.313 e. The van der Waals surface area contributed by atoms with Crippen molar-refractivity contribution in [1.82, 2.24) is 24.9 Å². The molecule has 0 radical (unpaired) electrons. The van der Waals surface area contributed by atoms with Crippen molar-refractivity contribution >= 4 is 40.7 Å². The molecule has 3 aromatic rings. The number of aromatic nitrogens is 4. The minimum Gasteiger partial charge on any atom is -0.344 e. The highest BCUT2D eigenvalue weighted by Gasteiger charge is 2.20. The van der Waals surface area contributed by atoms with Gasteiger partial charge in [-0.25, -0.2) is 0 Å². The predicted octanol–water partition coefficient (Wildman–Crippen LogP) is 3.46. The van der Waals surface area contributed by atoms with E-state index in [4.69, 9.17) is 23.2 Å². The summed E-state index contributed by atoms with van der Waals surface area (Å²) >= 11 is 12.2. The van der Waals surface area contributed by atoms with Crippen LogP contribution in [0.5, 0.6) is 0 Å². The Balaban J connectivity index is 1.69. The Morgan fingerprint density at radius 1 is 1.00 bits per heavy atom. The zero-order chi connectivity index (χ0) is 22.9. The number of carbonyl (C=O) groups excluding carboxylic acids is 2. The van der Waals surface area contributed by atoms with E-state index in [2.05, 4.69) is 20.8 Å². The quantitative estimate of drug-likeness (QED) is 0.567. The van der Waals surface area contributed by atoms with Crippen LogP contribution in [0.1, 0.15) is 33.9 Å². The SMILES string of the molecule is Cc1nn(C)c(C)c1CNC(=O)C(=O)Nc1c(C)nn(Cc2ccc(Cl)cc2Cl)c1C. The van der Waals surface area contributed by atoms with Gasteiger partial charge in [-0.15, -0.1) is 0 Å². The highest BCUT2D eigenvalue weighted by atomic mass is 35.5. The summed E-state index contributed by atoms with van der Waals surface area (Å²) in [6.45, 7) is 8.00. The third-order valence-electron chi connectivity index (χ3n) is 5.25. The van der Waals surface area contributed by atoms with Crippen LogP contribution in [0.2, 0.25) is 10.0 Å². The number of anilines is 1. The standard InChI is InChI=1S/C21H24Cl2N6O2/c1-11-17(13(3)28(5)26-11)9-24-20(30)21(31)25-19-12(2)27-29(14(19)4)10-15-6-7-16(22)8-18(15)23/h6-8H,9-10H2,1-5H3,(H,24,30)(H,25,31). The molecule has 0 unspecified atom stereocenters. The van der Waals surface area contributed by atoms with Gasteiger partial charge >= 0.3 is 11.8 Å². The molecule has 8 nitrogen and oxygen atoms in total. The molecule has 0 fully saturated rings. The van der Waals surface area contributed by atoms with E-state index in [1.54, 1.807) is 28.4 Å². The van der Waals surface area contributed by atoms with E-state index in [0.717, 1.165) is 22.5 Å². The Morgan fingerprint density at radius 3 is 2.32 bits per heavy atom. The molecule has 0 aliphatic carbocycles. The van der Waals surface area contributed by atoms with E-state index in [1.807, 2.05) is 33.9 Å². The highest BCUT2D eigenvalue weighted by molar-refractivity contribution is 6.39. The smallest absolute Gasteiger partial charge is 0.313 e. The molecule has 2 aromatic heterocycles. The van der Waals surface area contributed by atoms with Crippen LogP contribution in [-0.2, 0) is 29.7 Å². The third kappa shape index (κ3) is 4.91. The number of nitrogens with zero attached hydrogens (tertiary/aromatic N) is 4. The molecule has 0 saturated carbocycles. The molecule has 0 spiro atoms. The first kappa shape index (κ1) is 22.8. The topological polar surface area (TPSA) is 93.8 Å². The van der Waals surface area contributed by atoms with Crippen molar-refractivity contribution in [2.75, 3.05) is 5.32 Å². The average Bonchev–Trinajstić information content (AvgIpc) is 3.10. The Morgan fingerprint density at radius 2 is 1.71 bits per heavy atom. The summed E-state index contributed by atoms with van der Waals surface area (Å²) < 4.78 is 3.46. The van der Waals surface area contributed by atoms with Crippen LogP contribution < -0.4 is 10.6 Å². The second-order valence-corrected chi connectivity index (χ2v) is 8.19. The van der Waals surface area contributed by atoms with Gasteiger partial charge in [-0.2, -0.15) is 10.2 Å². The number of amides is 2. The van der Waals surface area contributed by atoms with Crippen molar-refractivity contribution in [3.05, 3.63) is 62.1 Å². The number of hydrogen-bond donors (Lipinski definition) is 2. The first-order valence-electron chi connectivity index (χ1n) is 9.64. The van der Waals surface area contributed by atoms with Crippen molar-refractivity contribution in [2.45, 2.75) is 40.8 Å². The van der Waals surface area contributed by atoms with Gasteiger partial charge in [-0.1, -0.05) is 29.3 Å². The van der Waals surface area contributed by atoms with E-state index in [0.29, 0.717) is 33.7 Å². The molecule has 1 aromatic carbocycles. The van der Waals surface area contributed by atoms with Crippen molar-refractivity contribution in [3.8, 4) is 0 Å². The minimum absolute atomic E-state index is 0.226. The number of hydrogen-bond acceptors (Lipinski definition) is 4. The molecule has 2 amide bonds. The van der Waals surface area contributed by atoms with Gasteiger partial charge in [0.1, 0.15) is 0 Å². The van der Waals surface area contributed by atoms with E-state index in [1.165, 1.54) is 0 Å². The van der Waals surface area contributed by atoms with Crippen LogP contribution >= 0.6 is 23.2 Å². The van der Waals surface area contributed by atoms with Gasteiger partial charge in [0, 0.05) is 34.9 Å². The molecule has 3 rings (SSSR count). The van der Waals surface area contributed by atoms with Gasteiger partial charge in [0.2, 0.25) is 0 Å². The van der Waals surface area contributed by atoms with Gasteiger partial charge in [0.05, 0.1) is 29.3 Å². The third-order valence-corrected chi connectivity index (χ3v) is 5.83. The molecular weight excluding hydrogens is 439 g/mol.